The second-order valence-corrected chi connectivity index (χ2v) is 4.56. The van der Waals surface area contributed by atoms with Gasteiger partial charge in [0.25, 0.3) is 0 Å². The second-order valence-electron chi connectivity index (χ2n) is 3.70. The number of carboxylic acid groups (broad SMARTS) is 1. The highest BCUT2D eigenvalue weighted by molar-refractivity contribution is 9.10. The predicted octanol–water partition coefficient (Wildman–Crippen LogP) is 4.05. The Bertz CT molecular complexity index is 743. The Kier molecular flexibility index (Phi) is 2.19. The molecule has 1 aromatic heterocycles. The Morgan fingerprint density at radius 1 is 1.12 bits per heavy atom. The molecule has 84 valence electrons. The predicted molar refractivity (Wildman–Crippen MR) is 68.4 cm³/mol. The van der Waals surface area contributed by atoms with Crippen molar-refractivity contribution in [1.29, 1.82) is 0 Å². The number of para-hydroxylation sites is 1. The minimum atomic E-state index is -0.999. The fourth-order valence-corrected chi connectivity index (χ4v) is 2.45. The Labute approximate surface area is 105 Å². The average Bonchev–Trinajstić information content (AvgIpc) is 2.66. The molecule has 0 bridgehead atoms. The first kappa shape index (κ1) is 10.4. The molecule has 0 radical (unpaired) electrons. The maximum absolute atomic E-state index is 11.2. The minimum Gasteiger partial charge on any atom is -0.478 e. The molecule has 0 aliphatic rings. The summed E-state index contributed by atoms with van der Waals surface area (Å²) < 4.78 is 6.14. The van der Waals surface area contributed by atoms with Gasteiger partial charge in [-0.3, -0.25) is 0 Å². The summed E-state index contributed by atoms with van der Waals surface area (Å²) >= 11 is 3.23. The molecule has 0 unspecified atom stereocenters. The Balaban J connectivity index is 2.56. The summed E-state index contributed by atoms with van der Waals surface area (Å²) in [5, 5.41) is 10.9. The lowest BCUT2D eigenvalue weighted by Crippen LogP contribution is -1.97. The highest BCUT2D eigenvalue weighted by Gasteiger charge is 2.18. The van der Waals surface area contributed by atoms with Gasteiger partial charge in [-0.2, -0.15) is 0 Å². The summed E-state index contributed by atoms with van der Waals surface area (Å²) in [6, 6.07) is 11.1. The minimum absolute atomic E-state index is 0.165. The van der Waals surface area contributed by atoms with Crippen molar-refractivity contribution in [1.82, 2.24) is 0 Å². The number of fused-ring (bicyclic) bond motifs is 3. The van der Waals surface area contributed by atoms with Gasteiger partial charge in [-0.25, -0.2) is 4.79 Å². The maximum atomic E-state index is 11.2. The van der Waals surface area contributed by atoms with Crippen LogP contribution in [0.25, 0.3) is 21.9 Å². The van der Waals surface area contributed by atoms with Crippen LogP contribution < -0.4 is 0 Å². The molecular weight excluding hydrogens is 284 g/mol. The van der Waals surface area contributed by atoms with Crippen LogP contribution in [-0.4, -0.2) is 11.1 Å². The number of halogens is 1. The number of rotatable bonds is 1. The number of hydrogen-bond donors (Lipinski definition) is 1. The van der Waals surface area contributed by atoms with Gasteiger partial charge < -0.3 is 9.52 Å². The van der Waals surface area contributed by atoms with E-state index >= 15 is 0 Å². The fraction of sp³-hybridized carbons (Fsp3) is 0. The van der Waals surface area contributed by atoms with E-state index in [2.05, 4.69) is 15.9 Å². The molecule has 3 nitrogen and oxygen atoms in total. The van der Waals surface area contributed by atoms with E-state index in [9.17, 15) is 9.90 Å². The lowest BCUT2D eigenvalue weighted by atomic mass is 10.1. The highest BCUT2D eigenvalue weighted by atomic mass is 79.9. The van der Waals surface area contributed by atoms with Crippen molar-refractivity contribution >= 4 is 43.8 Å². The standard InChI is InChI=1S/C13H7BrO3/c14-9-6-5-8-7-3-1-2-4-10(7)17-12(8)11(9)13(15)16/h1-6H,(H,15,16). The van der Waals surface area contributed by atoms with Crippen LogP contribution in [0.2, 0.25) is 0 Å². The van der Waals surface area contributed by atoms with Gasteiger partial charge in [0.2, 0.25) is 0 Å². The zero-order chi connectivity index (χ0) is 12.0. The molecule has 0 aliphatic heterocycles. The van der Waals surface area contributed by atoms with Crippen LogP contribution in [0.3, 0.4) is 0 Å². The summed E-state index contributed by atoms with van der Waals surface area (Å²) in [6.45, 7) is 0. The van der Waals surface area contributed by atoms with Crippen molar-refractivity contribution in [3.05, 3.63) is 46.4 Å². The van der Waals surface area contributed by atoms with E-state index in [1.807, 2.05) is 30.3 Å². The van der Waals surface area contributed by atoms with Gasteiger partial charge in [-0.15, -0.1) is 0 Å². The van der Waals surface area contributed by atoms with Crippen LogP contribution in [0.5, 0.6) is 0 Å². The highest BCUT2D eigenvalue weighted by Crippen LogP contribution is 2.34. The van der Waals surface area contributed by atoms with Crippen molar-refractivity contribution in [3.63, 3.8) is 0 Å². The maximum Gasteiger partial charge on any atom is 0.340 e. The zero-order valence-corrected chi connectivity index (χ0v) is 10.2. The van der Waals surface area contributed by atoms with Gasteiger partial charge in [-0.1, -0.05) is 18.2 Å². The van der Waals surface area contributed by atoms with Gasteiger partial charge in [0, 0.05) is 15.2 Å². The quantitative estimate of drug-likeness (QED) is 0.736. The smallest absolute Gasteiger partial charge is 0.340 e. The third kappa shape index (κ3) is 1.45. The van der Waals surface area contributed by atoms with Crippen LogP contribution in [0.1, 0.15) is 10.4 Å². The molecule has 0 aliphatic carbocycles. The molecule has 3 aromatic rings. The summed E-state index contributed by atoms with van der Waals surface area (Å²) in [6.07, 6.45) is 0. The summed E-state index contributed by atoms with van der Waals surface area (Å²) in [7, 11) is 0. The zero-order valence-electron chi connectivity index (χ0n) is 8.61. The molecule has 0 saturated carbocycles. The first-order valence-corrected chi connectivity index (χ1v) is 5.81. The van der Waals surface area contributed by atoms with Crippen LogP contribution in [0.4, 0.5) is 0 Å². The molecule has 2 aromatic carbocycles. The fourth-order valence-electron chi connectivity index (χ4n) is 1.96. The van der Waals surface area contributed by atoms with Gasteiger partial charge >= 0.3 is 5.97 Å². The van der Waals surface area contributed by atoms with Crippen LogP contribution in [0.15, 0.2) is 45.3 Å². The molecule has 4 heteroatoms. The largest absolute Gasteiger partial charge is 0.478 e. The number of benzene rings is 2. The van der Waals surface area contributed by atoms with Gasteiger partial charge in [0.1, 0.15) is 11.1 Å². The van der Waals surface area contributed by atoms with E-state index in [-0.39, 0.29) is 5.56 Å². The van der Waals surface area contributed by atoms with Crippen LogP contribution in [0, 0.1) is 0 Å². The Morgan fingerprint density at radius 2 is 1.88 bits per heavy atom. The molecule has 1 N–H and O–H groups in total. The third-order valence-corrected chi connectivity index (χ3v) is 3.37. The van der Waals surface area contributed by atoms with E-state index in [4.69, 9.17) is 4.42 Å². The monoisotopic (exact) mass is 290 g/mol. The van der Waals surface area contributed by atoms with Gasteiger partial charge in [0.15, 0.2) is 5.58 Å². The van der Waals surface area contributed by atoms with Crippen molar-refractivity contribution in [3.8, 4) is 0 Å². The van der Waals surface area contributed by atoms with Crippen molar-refractivity contribution in [2.75, 3.05) is 0 Å². The topological polar surface area (TPSA) is 50.4 Å². The molecule has 0 fully saturated rings. The van der Waals surface area contributed by atoms with Crippen LogP contribution >= 0.6 is 15.9 Å². The number of furan rings is 1. The Morgan fingerprint density at radius 3 is 2.65 bits per heavy atom. The lowest BCUT2D eigenvalue weighted by Gasteiger charge is -1.98. The number of carboxylic acids is 1. The summed E-state index contributed by atoms with van der Waals surface area (Å²) in [5.74, 6) is -0.999. The summed E-state index contributed by atoms with van der Waals surface area (Å²) in [5.41, 5.74) is 1.27. The molecule has 0 atom stereocenters. The number of hydrogen-bond acceptors (Lipinski definition) is 2. The molecular formula is C13H7BrO3. The molecule has 1 heterocycles. The SMILES string of the molecule is O=C(O)c1c(Br)ccc2c1oc1ccccc12. The first-order valence-electron chi connectivity index (χ1n) is 5.01. The van der Waals surface area contributed by atoms with E-state index in [1.165, 1.54) is 0 Å². The molecule has 3 rings (SSSR count). The van der Waals surface area contributed by atoms with E-state index in [0.717, 1.165) is 10.8 Å². The van der Waals surface area contributed by atoms with E-state index in [1.54, 1.807) is 6.07 Å². The average molecular weight is 291 g/mol. The van der Waals surface area contributed by atoms with E-state index in [0.29, 0.717) is 15.6 Å². The molecule has 0 saturated heterocycles. The molecule has 17 heavy (non-hydrogen) atoms. The number of carbonyl (C=O) groups is 1. The second kappa shape index (κ2) is 3.60. The third-order valence-electron chi connectivity index (χ3n) is 2.71. The lowest BCUT2D eigenvalue weighted by molar-refractivity contribution is 0.0697. The van der Waals surface area contributed by atoms with Crippen molar-refractivity contribution in [2.45, 2.75) is 0 Å². The first-order chi connectivity index (χ1) is 8.18. The molecule has 0 spiro atoms. The van der Waals surface area contributed by atoms with Gasteiger partial charge in [-0.05, 0) is 34.1 Å². The normalized spacial score (nSPS) is 11.1. The van der Waals surface area contributed by atoms with Crippen molar-refractivity contribution < 1.29 is 14.3 Å². The molecule has 0 amide bonds. The van der Waals surface area contributed by atoms with E-state index < -0.39 is 5.97 Å². The number of aromatic carboxylic acids is 1. The van der Waals surface area contributed by atoms with Gasteiger partial charge in [0.05, 0.1) is 0 Å². The van der Waals surface area contributed by atoms with Crippen LogP contribution in [-0.2, 0) is 0 Å². The van der Waals surface area contributed by atoms with Crippen molar-refractivity contribution in [2.24, 2.45) is 0 Å². The summed E-state index contributed by atoms with van der Waals surface area (Å²) in [4.78, 5) is 11.2. The Hall–Kier alpha value is -1.81.